The Bertz CT molecular complexity index is 1120. The second kappa shape index (κ2) is 9.41. The molecular weight excluding hydrogens is 398 g/mol. The van der Waals surface area contributed by atoms with E-state index in [-0.39, 0.29) is 5.91 Å². The minimum absolute atomic E-state index is 0.157. The molecule has 0 aliphatic heterocycles. The summed E-state index contributed by atoms with van der Waals surface area (Å²) < 4.78 is 6.96. The third-order valence-corrected chi connectivity index (χ3v) is 5.54. The van der Waals surface area contributed by atoms with Crippen LogP contribution in [-0.2, 0) is 18.8 Å². The van der Waals surface area contributed by atoms with Gasteiger partial charge in [0.15, 0.2) is 0 Å². The van der Waals surface area contributed by atoms with Crippen molar-refractivity contribution in [3.63, 3.8) is 0 Å². The molecule has 0 bridgehead atoms. The van der Waals surface area contributed by atoms with Gasteiger partial charge in [-0.2, -0.15) is 5.10 Å². The van der Waals surface area contributed by atoms with Gasteiger partial charge in [0.05, 0.1) is 17.8 Å². The van der Waals surface area contributed by atoms with E-state index in [9.17, 15) is 4.79 Å². The van der Waals surface area contributed by atoms with Gasteiger partial charge >= 0.3 is 0 Å². The van der Waals surface area contributed by atoms with Crippen LogP contribution in [0.25, 0.3) is 0 Å². The average Bonchev–Trinajstić information content (AvgIpc) is 3.43. The zero-order chi connectivity index (χ0) is 20.8. The lowest BCUT2D eigenvalue weighted by molar-refractivity contribution is 0.0947. The van der Waals surface area contributed by atoms with Crippen molar-refractivity contribution in [1.29, 1.82) is 0 Å². The SMILES string of the molecule is Cc1cc(CSc2ncccc2C(=O)NCc2ccccc2Cn2cccn2)no1. The maximum absolute atomic E-state index is 12.9. The van der Waals surface area contributed by atoms with Gasteiger partial charge in [0, 0.05) is 37.0 Å². The van der Waals surface area contributed by atoms with Crippen LogP contribution in [0.4, 0.5) is 0 Å². The molecule has 0 aliphatic carbocycles. The summed E-state index contributed by atoms with van der Waals surface area (Å²) in [4.78, 5) is 17.2. The summed E-state index contributed by atoms with van der Waals surface area (Å²) >= 11 is 1.46. The van der Waals surface area contributed by atoms with E-state index in [2.05, 4.69) is 26.6 Å². The standard InChI is InChI=1S/C22H21N5O2S/c1-16-12-19(26-29-16)15-30-22-20(8-4-9-23-22)21(28)24-13-17-6-2-3-7-18(17)14-27-11-5-10-25-27/h2-12H,13-15H2,1H3,(H,24,28). The molecule has 4 aromatic rings. The van der Waals surface area contributed by atoms with E-state index in [1.54, 1.807) is 24.5 Å². The Morgan fingerprint density at radius 1 is 1.13 bits per heavy atom. The van der Waals surface area contributed by atoms with E-state index in [0.717, 1.165) is 22.6 Å². The molecule has 0 radical (unpaired) electrons. The molecule has 0 spiro atoms. The van der Waals surface area contributed by atoms with Gasteiger partial charge in [-0.3, -0.25) is 9.48 Å². The molecular formula is C22H21N5O2S. The third-order valence-electron chi connectivity index (χ3n) is 4.50. The van der Waals surface area contributed by atoms with Crippen molar-refractivity contribution >= 4 is 17.7 Å². The van der Waals surface area contributed by atoms with E-state index < -0.39 is 0 Å². The molecule has 0 saturated carbocycles. The van der Waals surface area contributed by atoms with Crippen molar-refractivity contribution in [2.24, 2.45) is 0 Å². The monoisotopic (exact) mass is 419 g/mol. The van der Waals surface area contributed by atoms with E-state index in [1.807, 2.05) is 48.1 Å². The molecule has 1 aromatic carbocycles. The van der Waals surface area contributed by atoms with Crippen molar-refractivity contribution in [2.75, 3.05) is 0 Å². The van der Waals surface area contributed by atoms with Crippen LogP contribution in [-0.4, -0.2) is 25.8 Å². The van der Waals surface area contributed by atoms with Crippen molar-refractivity contribution in [1.82, 2.24) is 25.2 Å². The molecule has 0 atom stereocenters. The minimum Gasteiger partial charge on any atom is -0.361 e. The second-order valence-electron chi connectivity index (χ2n) is 6.73. The Morgan fingerprint density at radius 3 is 2.77 bits per heavy atom. The Labute approximate surface area is 178 Å². The van der Waals surface area contributed by atoms with Crippen LogP contribution in [0.15, 0.2) is 76.7 Å². The number of carbonyl (C=O) groups is 1. The summed E-state index contributed by atoms with van der Waals surface area (Å²) in [5.74, 6) is 1.19. The van der Waals surface area contributed by atoms with E-state index in [1.165, 1.54) is 11.8 Å². The summed E-state index contributed by atoms with van der Waals surface area (Å²) in [5.41, 5.74) is 3.54. The molecule has 7 nitrogen and oxygen atoms in total. The predicted molar refractivity (Wildman–Crippen MR) is 114 cm³/mol. The van der Waals surface area contributed by atoms with Gasteiger partial charge in [-0.05, 0) is 36.2 Å². The zero-order valence-electron chi connectivity index (χ0n) is 16.5. The first-order chi connectivity index (χ1) is 14.7. The number of rotatable bonds is 8. The van der Waals surface area contributed by atoms with Gasteiger partial charge in [-0.1, -0.05) is 41.2 Å². The number of carbonyl (C=O) groups excluding carboxylic acids is 1. The quantitative estimate of drug-likeness (QED) is 0.437. The summed E-state index contributed by atoms with van der Waals surface area (Å²) in [7, 11) is 0. The Morgan fingerprint density at radius 2 is 2.00 bits per heavy atom. The fourth-order valence-corrected chi connectivity index (χ4v) is 3.90. The number of aryl methyl sites for hydroxylation is 1. The molecule has 0 fully saturated rings. The molecule has 30 heavy (non-hydrogen) atoms. The number of aromatic nitrogens is 4. The first-order valence-corrected chi connectivity index (χ1v) is 10.5. The highest BCUT2D eigenvalue weighted by Gasteiger charge is 2.14. The number of pyridine rings is 1. The maximum Gasteiger partial charge on any atom is 0.254 e. The van der Waals surface area contributed by atoms with Gasteiger partial charge in [0.25, 0.3) is 5.91 Å². The van der Waals surface area contributed by atoms with E-state index in [0.29, 0.717) is 29.4 Å². The lowest BCUT2D eigenvalue weighted by Crippen LogP contribution is -2.24. The highest BCUT2D eigenvalue weighted by Crippen LogP contribution is 2.24. The summed E-state index contributed by atoms with van der Waals surface area (Å²) in [5, 5.41) is 11.9. The summed E-state index contributed by atoms with van der Waals surface area (Å²) in [6, 6.07) is 15.4. The minimum atomic E-state index is -0.157. The Hall–Kier alpha value is -3.39. The normalized spacial score (nSPS) is 10.8. The molecule has 4 rings (SSSR count). The van der Waals surface area contributed by atoms with Crippen molar-refractivity contribution in [3.05, 3.63) is 95.3 Å². The van der Waals surface area contributed by atoms with Crippen molar-refractivity contribution < 1.29 is 9.32 Å². The number of hydrogen-bond acceptors (Lipinski definition) is 6. The Kier molecular flexibility index (Phi) is 6.24. The Balaban J connectivity index is 1.42. The molecule has 0 unspecified atom stereocenters. The van der Waals surface area contributed by atoms with Crippen molar-refractivity contribution in [2.45, 2.75) is 30.8 Å². The average molecular weight is 420 g/mol. The van der Waals surface area contributed by atoms with Gasteiger partial charge in [0.1, 0.15) is 10.8 Å². The lowest BCUT2D eigenvalue weighted by atomic mass is 10.1. The van der Waals surface area contributed by atoms with Crippen molar-refractivity contribution in [3.8, 4) is 0 Å². The molecule has 0 saturated heterocycles. The predicted octanol–water partition coefficient (Wildman–Crippen LogP) is 3.85. The fraction of sp³-hybridized carbons (Fsp3) is 0.182. The fourth-order valence-electron chi connectivity index (χ4n) is 3.03. The number of nitrogens with one attached hydrogen (secondary N) is 1. The summed E-state index contributed by atoms with van der Waals surface area (Å²) in [6.07, 6.45) is 5.36. The molecule has 1 N–H and O–H groups in total. The number of benzene rings is 1. The number of nitrogens with zero attached hydrogens (tertiary/aromatic N) is 4. The first kappa shape index (κ1) is 19.9. The third kappa shape index (κ3) is 4.96. The molecule has 3 aromatic heterocycles. The van der Waals surface area contributed by atoms with Gasteiger partial charge in [-0.15, -0.1) is 0 Å². The largest absolute Gasteiger partial charge is 0.361 e. The number of thioether (sulfide) groups is 1. The topological polar surface area (TPSA) is 85.8 Å². The van der Waals surface area contributed by atoms with Crippen LogP contribution in [0.1, 0.15) is 32.9 Å². The van der Waals surface area contributed by atoms with Gasteiger partial charge in [-0.25, -0.2) is 4.98 Å². The van der Waals surface area contributed by atoms with Gasteiger partial charge in [0.2, 0.25) is 0 Å². The molecule has 152 valence electrons. The molecule has 3 heterocycles. The van der Waals surface area contributed by atoms with Crippen LogP contribution in [0.3, 0.4) is 0 Å². The molecule has 0 aliphatic rings. The second-order valence-corrected chi connectivity index (χ2v) is 7.69. The number of hydrogen-bond donors (Lipinski definition) is 1. The molecule has 8 heteroatoms. The van der Waals surface area contributed by atoms with Crippen LogP contribution < -0.4 is 5.32 Å². The summed E-state index contributed by atoms with van der Waals surface area (Å²) in [6.45, 7) is 2.94. The highest BCUT2D eigenvalue weighted by atomic mass is 32.2. The molecule has 1 amide bonds. The van der Waals surface area contributed by atoms with E-state index >= 15 is 0 Å². The highest BCUT2D eigenvalue weighted by molar-refractivity contribution is 7.98. The van der Waals surface area contributed by atoms with Crippen LogP contribution >= 0.6 is 11.8 Å². The van der Waals surface area contributed by atoms with Crippen LogP contribution in [0.2, 0.25) is 0 Å². The first-order valence-electron chi connectivity index (χ1n) is 9.51. The maximum atomic E-state index is 12.9. The van der Waals surface area contributed by atoms with E-state index in [4.69, 9.17) is 4.52 Å². The van der Waals surface area contributed by atoms with Crippen LogP contribution in [0.5, 0.6) is 0 Å². The lowest BCUT2D eigenvalue weighted by Gasteiger charge is -2.12. The van der Waals surface area contributed by atoms with Gasteiger partial charge < -0.3 is 9.84 Å². The van der Waals surface area contributed by atoms with Crippen LogP contribution in [0, 0.1) is 6.92 Å². The smallest absolute Gasteiger partial charge is 0.254 e. The zero-order valence-corrected chi connectivity index (χ0v) is 17.3. The number of amides is 1.